The lowest BCUT2D eigenvalue weighted by atomic mass is 10.1. The van der Waals surface area contributed by atoms with Crippen LogP contribution >= 0.6 is 11.8 Å². The van der Waals surface area contributed by atoms with Gasteiger partial charge in [0.05, 0.1) is 0 Å². The molecule has 0 aromatic rings. The van der Waals surface area contributed by atoms with Gasteiger partial charge in [0.15, 0.2) is 0 Å². The molecule has 3 nitrogen and oxygen atoms in total. The zero-order valence-corrected chi connectivity index (χ0v) is 10.6. The van der Waals surface area contributed by atoms with Crippen LogP contribution in [0.5, 0.6) is 0 Å². The molecule has 2 amide bonds. The maximum absolute atomic E-state index is 11.4. The third kappa shape index (κ3) is 4.78. The van der Waals surface area contributed by atoms with Crippen molar-refractivity contribution in [2.75, 3.05) is 18.8 Å². The van der Waals surface area contributed by atoms with Crippen molar-refractivity contribution in [3.05, 3.63) is 0 Å². The number of rotatable bonds is 5. The van der Waals surface area contributed by atoms with Crippen molar-refractivity contribution < 1.29 is 4.79 Å². The maximum atomic E-state index is 11.4. The molecule has 1 fully saturated rings. The van der Waals surface area contributed by atoms with E-state index >= 15 is 0 Å². The Morgan fingerprint density at radius 2 is 2.27 bits per heavy atom. The van der Waals surface area contributed by atoms with Gasteiger partial charge in [-0.3, -0.25) is 0 Å². The van der Waals surface area contributed by atoms with Crippen molar-refractivity contribution in [1.82, 2.24) is 10.6 Å². The van der Waals surface area contributed by atoms with Gasteiger partial charge in [0.2, 0.25) is 0 Å². The monoisotopic (exact) mass is 230 g/mol. The van der Waals surface area contributed by atoms with Crippen molar-refractivity contribution in [3.63, 3.8) is 0 Å². The Morgan fingerprint density at radius 3 is 2.87 bits per heavy atom. The summed E-state index contributed by atoms with van der Waals surface area (Å²) < 4.78 is 0.266. The molecule has 4 heteroatoms. The zero-order valence-electron chi connectivity index (χ0n) is 9.77. The van der Waals surface area contributed by atoms with E-state index in [0.717, 1.165) is 25.9 Å². The van der Waals surface area contributed by atoms with Crippen molar-refractivity contribution in [2.24, 2.45) is 0 Å². The Bertz CT molecular complexity index is 203. The molecular weight excluding hydrogens is 208 g/mol. The van der Waals surface area contributed by atoms with Gasteiger partial charge in [-0.25, -0.2) is 4.79 Å². The van der Waals surface area contributed by atoms with Gasteiger partial charge in [0.1, 0.15) is 0 Å². The number of unbranched alkanes of at least 4 members (excludes halogenated alkanes) is 1. The van der Waals surface area contributed by atoms with Crippen molar-refractivity contribution >= 4 is 17.8 Å². The van der Waals surface area contributed by atoms with Crippen LogP contribution in [0.2, 0.25) is 0 Å². The van der Waals surface area contributed by atoms with Gasteiger partial charge in [-0.15, -0.1) is 0 Å². The highest BCUT2D eigenvalue weighted by Gasteiger charge is 2.29. The van der Waals surface area contributed by atoms with E-state index in [1.165, 1.54) is 18.6 Å². The molecule has 2 N–H and O–H groups in total. The quantitative estimate of drug-likeness (QED) is 0.712. The van der Waals surface area contributed by atoms with Crippen molar-refractivity contribution in [2.45, 2.75) is 44.3 Å². The first-order chi connectivity index (χ1) is 7.16. The summed E-state index contributed by atoms with van der Waals surface area (Å²) in [7, 11) is 0. The van der Waals surface area contributed by atoms with Crippen molar-refractivity contribution in [3.8, 4) is 0 Å². The summed E-state index contributed by atoms with van der Waals surface area (Å²) in [4.78, 5) is 11.4. The third-order valence-corrected chi connectivity index (χ3v) is 4.28. The number of carbonyl (C=O) groups is 1. The molecule has 0 radical (unpaired) electrons. The molecule has 1 saturated heterocycles. The van der Waals surface area contributed by atoms with Crippen LogP contribution in [-0.2, 0) is 0 Å². The summed E-state index contributed by atoms with van der Waals surface area (Å²) >= 11 is 1.97. The van der Waals surface area contributed by atoms with Gasteiger partial charge in [-0.2, -0.15) is 11.8 Å². The normalized spacial score (nSPS) is 25.2. The molecular formula is C11H22N2OS. The van der Waals surface area contributed by atoms with Gasteiger partial charge in [0, 0.05) is 17.8 Å². The van der Waals surface area contributed by atoms with Crippen LogP contribution in [0.15, 0.2) is 0 Å². The SMILES string of the molecule is CCCCNC(=O)NCC1(C)CCCS1. The minimum Gasteiger partial charge on any atom is -0.338 e. The standard InChI is InChI=1S/C11H22N2OS/c1-3-4-7-12-10(14)13-9-11(2)6-5-8-15-11/h3-9H2,1-2H3,(H2,12,13,14). The first kappa shape index (κ1) is 12.7. The predicted octanol–water partition coefficient (Wildman–Crippen LogP) is 2.37. The van der Waals surface area contributed by atoms with Gasteiger partial charge < -0.3 is 10.6 Å². The van der Waals surface area contributed by atoms with Crippen LogP contribution in [-0.4, -0.2) is 29.6 Å². The summed E-state index contributed by atoms with van der Waals surface area (Å²) in [6.07, 6.45) is 4.67. The zero-order chi connectivity index (χ0) is 11.1. The van der Waals surface area contributed by atoms with E-state index in [2.05, 4.69) is 24.5 Å². The van der Waals surface area contributed by atoms with E-state index in [4.69, 9.17) is 0 Å². The number of amides is 2. The van der Waals surface area contributed by atoms with Crippen LogP contribution in [0.1, 0.15) is 39.5 Å². The lowest BCUT2D eigenvalue weighted by Crippen LogP contribution is -2.42. The summed E-state index contributed by atoms with van der Waals surface area (Å²) in [5.74, 6) is 1.23. The largest absolute Gasteiger partial charge is 0.338 e. The molecule has 1 aliphatic heterocycles. The number of hydrogen-bond donors (Lipinski definition) is 2. The second-order valence-corrected chi connectivity index (χ2v) is 6.05. The van der Waals surface area contributed by atoms with Gasteiger partial charge in [-0.1, -0.05) is 13.3 Å². The molecule has 0 aromatic heterocycles. The van der Waals surface area contributed by atoms with E-state index in [0.29, 0.717) is 0 Å². The Hall–Kier alpha value is -0.380. The molecule has 15 heavy (non-hydrogen) atoms. The summed E-state index contributed by atoms with van der Waals surface area (Å²) in [6, 6.07) is -0.0165. The minimum absolute atomic E-state index is 0.0165. The Kier molecular flexibility index (Phi) is 5.29. The maximum Gasteiger partial charge on any atom is 0.314 e. The fourth-order valence-corrected chi connectivity index (χ4v) is 2.93. The molecule has 1 aliphatic rings. The smallest absolute Gasteiger partial charge is 0.314 e. The number of thioether (sulfide) groups is 1. The molecule has 0 saturated carbocycles. The van der Waals surface area contributed by atoms with Gasteiger partial charge >= 0.3 is 6.03 Å². The molecule has 0 spiro atoms. The second kappa shape index (κ2) is 6.26. The average Bonchev–Trinajstić information content (AvgIpc) is 2.64. The molecule has 0 aliphatic carbocycles. The topological polar surface area (TPSA) is 41.1 Å². The molecule has 0 aromatic carbocycles. The third-order valence-electron chi connectivity index (χ3n) is 2.74. The molecule has 1 heterocycles. The van der Waals surface area contributed by atoms with E-state index in [1.807, 2.05) is 11.8 Å². The average molecular weight is 230 g/mol. The highest BCUT2D eigenvalue weighted by molar-refractivity contribution is 8.00. The first-order valence-electron chi connectivity index (χ1n) is 5.82. The molecule has 88 valence electrons. The fraction of sp³-hybridized carbons (Fsp3) is 0.909. The molecule has 1 rings (SSSR count). The fourth-order valence-electron chi connectivity index (χ4n) is 1.68. The molecule has 0 bridgehead atoms. The first-order valence-corrected chi connectivity index (χ1v) is 6.80. The number of urea groups is 1. The van der Waals surface area contributed by atoms with Crippen LogP contribution < -0.4 is 10.6 Å². The Balaban J connectivity index is 2.10. The van der Waals surface area contributed by atoms with E-state index in [-0.39, 0.29) is 10.8 Å². The Labute approximate surface area is 96.8 Å². The molecule has 1 unspecified atom stereocenters. The number of nitrogens with one attached hydrogen (secondary N) is 2. The second-order valence-electron chi connectivity index (χ2n) is 4.36. The summed E-state index contributed by atoms with van der Waals surface area (Å²) in [5.41, 5.74) is 0. The van der Waals surface area contributed by atoms with E-state index in [9.17, 15) is 4.79 Å². The van der Waals surface area contributed by atoms with Crippen molar-refractivity contribution in [1.29, 1.82) is 0 Å². The van der Waals surface area contributed by atoms with Gasteiger partial charge in [-0.05, 0) is 31.9 Å². The van der Waals surface area contributed by atoms with Crippen LogP contribution in [0.3, 0.4) is 0 Å². The predicted molar refractivity (Wildman–Crippen MR) is 66.4 cm³/mol. The molecule has 1 atom stereocenters. The summed E-state index contributed by atoms with van der Waals surface area (Å²) in [5, 5.41) is 5.82. The minimum atomic E-state index is -0.0165. The summed E-state index contributed by atoms with van der Waals surface area (Å²) in [6.45, 7) is 5.93. The van der Waals surface area contributed by atoms with E-state index < -0.39 is 0 Å². The van der Waals surface area contributed by atoms with Crippen LogP contribution in [0, 0.1) is 0 Å². The highest BCUT2D eigenvalue weighted by atomic mass is 32.2. The number of carbonyl (C=O) groups excluding carboxylic acids is 1. The number of hydrogen-bond acceptors (Lipinski definition) is 2. The van der Waals surface area contributed by atoms with Crippen LogP contribution in [0.4, 0.5) is 4.79 Å². The van der Waals surface area contributed by atoms with E-state index in [1.54, 1.807) is 0 Å². The highest BCUT2D eigenvalue weighted by Crippen LogP contribution is 2.36. The Morgan fingerprint density at radius 1 is 1.47 bits per heavy atom. The lowest BCUT2D eigenvalue weighted by Gasteiger charge is -2.22. The van der Waals surface area contributed by atoms with Crippen LogP contribution in [0.25, 0.3) is 0 Å². The van der Waals surface area contributed by atoms with Gasteiger partial charge in [0.25, 0.3) is 0 Å². The lowest BCUT2D eigenvalue weighted by molar-refractivity contribution is 0.239.